The normalized spacial score (nSPS) is 25.8. The molecule has 2 heterocycles. The number of carbonyl (C=O) groups excluding carboxylic acids is 1. The summed E-state index contributed by atoms with van der Waals surface area (Å²) in [6, 6.07) is 8.56. The van der Waals surface area contributed by atoms with Crippen LogP contribution in [0.4, 0.5) is 0 Å². The van der Waals surface area contributed by atoms with Crippen LogP contribution in [0.2, 0.25) is 0 Å². The Balaban J connectivity index is 1.62. The Kier molecular flexibility index (Phi) is 5.21. The largest absolute Gasteiger partial charge is 0.497 e. The van der Waals surface area contributed by atoms with Crippen molar-refractivity contribution < 1.29 is 19.0 Å². The number of fused-ring (bicyclic) bond motifs is 4. The molecular weight excluding hydrogens is 368 g/mol. The van der Waals surface area contributed by atoms with Crippen LogP contribution in [0.3, 0.4) is 0 Å². The van der Waals surface area contributed by atoms with Gasteiger partial charge >= 0.3 is 5.97 Å². The molecule has 3 unspecified atom stereocenters. The lowest BCUT2D eigenvalue weighted by Crippen LogP contribution is -2.59. The Morgan fingerprint density at radius 1 is 1.24 bits per heavy atom. The van der Waals surface area contributed by atoms with E-state index >= 15 is 0 Å². The molecule has 1 saturated heterocycles. The van der Waals surface area contributed by atoms with Gasteiger partial charge in [0.2, 0.25) is 0 Å². The summed E-state index contributed by atoms with van der Waals surface area (Å²) >= 11 is 0. The third-order valence-corrected chi connectivity index (χ3v) is 6.76. The SMILES string of the molecule is COC(=O)c1cncc(OCC2C3Cc4ccc(OC)cc4C2(C)CCN3C)c1. The first-order valence-corrected chi connectivity index (χ1v) is 10.00. The predicted octanol–water partition coefficient (Wildman–Crippen LogP) is 3.09. The second kappa shape index (κ2) is 7.67. The molecular formula is C23H28N2O4. The second-order valence-corrected chi connectivity index (χ2v) is 8.26. The van der Waals surface area contributed by atoms with Gasteiger partial charge in [0, 0.05) is 23.6 Å². The fraction of sp³-hybridized carbons (Fsp3) is 0.478. The standard InChI is InChI=1S/C23H28N2O4/c1-23-7-8-25(2)21(10-15-5-6-17(27-3)11-19(15)23)20(23)14-29-18-9-16(12-24-13-18)22(26)28-4/h5-6,9,11-13,20-21H,7-8,10,14H2,1-4H3. The number of carbonyl (C=O) groups is 1. The van der Waals surface area contributed by atoms with Crippen LogP contribution in [0.1, 0.15) is 34.8 Å². The molecule has 1 aliphatic heterocycles. The summed E-state index contributed by atoms with van der Waals surface area (Å²) in [5.41, 5.74) is 3.17. The summed E-state index contributed by atoms with van der Waals surface area (Å²) in [7, 11) is 5.28. The molecule has 1 aliphatic carbocycles. The van der Waals surface area contributed by atoms with Gasteiger partial charge in [-0.1, -0.05) is 13.0 Å². The summed E-state index contributed by atoms with van der Waals surface area (Å²) in [5.74, 6) is 1.40. The number of rotatable bonds is 5. The average Bonchev–Trinajstić information content (AvgIpc) is 2.75. The molecule has 1 aromatic carbocycles. The Morgan fingerprint density at radius 2 is 2.07 bits per heavy atom. The zero-order chi connectivity index (χ0) is 20.6. The Bertz CT molecular complexity index is 916. The highest BCUT2D eigenvalue weighted by atomic mass is 16.5. The fourth-order valence-corrected chi connectivity index (χ4v) is 4.95. The number of methoxy groups -OCH3 is 2. The van der Waals surface area contributed by atoms with E-state index in [4.69, 9.17) is 14.2 Å². The van der Waals surface area contributed by atoms with Gasteiger partial charge in [-0.15, -0.1) is 0 Å². The summed E-state index contributed by atoms with van der Waals surface area (Å²) in [4.78, 5) is 18.4. The molecule has 0 spiro atoms. The van der Waals surface area contributed by atoms with Gasteiger partial charge in [-0.05, 0) is 55.8 Å². The van der Waals surface area contributed by atoms with Crippen molar-refractivity contribution in [1.29, 1.82) is 0 Å². The summed E-state index contributed by atoms with van der Waals surface area (Å²) < 4.78 is 16.5. The highest BCUT2D eigenvalue weighted by Crippen LogP contribution is 2.49. The number of esters is 1. The second-order valence-electron chi connectivity index (χ2n) is 8.26. The lowest BCUT2D eigenvalue weighted by Gasteiger charge is -2.54. The number of pyridine rings is 1. The van der Waals surface area contributed by atoms with Crippen molar-refractivity contribution in [2.75, 3.05) is 34.4 Å². The van der Waals surface area contributed by atoms with E-state index in [0.29, 0.717) is 29.9 Å². The number of aromatic nitrogens is 1. The molecule has 2 aliphatic rings. The molecule has 0 radical (unpaired) electrons. The number of benzene rings is 1. The van der Waals surface area contributed by atoms with Crippen molar-refractivity contribution >= 4 is 5.97 Å². The van der Waals surface area contributed by atoms with Crippen molar-refractivity contribution in [2.45, 2.75) is 31.2 Å². The first kappa shape index (κ1) is 19.7. The minimum absolute atomic E-state index is 0.00663. The molecule has 6 heteroatoms. The van der Waals surface area contributed by atoms with Crippen molar-refractivity contribution in [3.63, 3.8) is 0 Å². The first-order valence-electron chi connectivity index (χ1n) is 10.00. The van der Waals surface area contributed by atoms with Crippen LogP contribution < -0.4 is 9.47 Å². The van der Waals surface area contributed by atoms with Gasteiger partial charge < -0.3 is 19.1 Å². The predicted molar refractivity (Wildman–Crippen MR) is 110 cm³/mol. The molecule has 1 aromatic heterocycles. The number of hydrogen-bond acceptors (Lipinski definition) is 6. The number of ether oxygens (including phenoxy) is 3. The topological polar surface area (TPSA) is 60.9 Å². The number of piperidine rings is 1. The van der Waals surface area contributed by atoms with Gasteiger partial charge in [0.05, 0.1) is 32.6 Å². The zero-order valence-corrected chi connectivity index (χ0v) is 17.5. The van der Waals surface area contributed by atoms with Crippen LogP contribution in [-0.4, -0.2) is 56.3 Å². The van der Waals surface area contributed by atoms with Crippen LogP contribution in [-0.2, 0) is 16.6 Å². The zero-order valence-electron chi connectivity index (χ0n) is 17.5. The summed E-state index contributed by atoms with van der Waals surface area (Å²) in [6.45, 7) is 3.98. The molecule has 4 rings (SSSR count). The quantitative estimate of drug-likeness (QED) is 0.724. The van der Waals surface area contributed by atoms with Crippen LogP contribution in [0.25, 0.3) is 0 Å². The lowest BCUT2D eigenvalue weighted by atomic mass is 9.58. The Labute approximate surface area is 171 Å². The Hall–Kier alpha value is -2.60. The molecule has 0 saturated carbocycles. The van der Waals surface area contributed by atoms with Crippen molar-refractivity contribution in [1.82, 2.24) is 9.88 Å². The van der Waals surface area contributed by atoms with E-state index in [2.05, 4.69) is 42.1 Å². The maximum Gasteiger partial charge on any atom is 0.339 e. The van der Waals surface area contributed by atoms with E-state index in [0.717, 1.165) is 25.1 Å². The molecule has 3 atom stereocenters. The van der Waals surface area contributed by atoms with Crippen LogP contribution in [0, 0.1) is 5.92 Å². The number of nitrogens with zero attached hydrogens (tertiary/aromatic N) is 2. The van der Waals surface area contributed by atoms with E-state index in [9.17, 15) is 4.79 Å². The van der Waals surface area contributed by atoms with Crippen LogP contribution >= 0.6 is 0 Å². The number of likely N-dealkylation sites (tertiary alicyclic amines) is 1. The van der Waals surface area contributed by atoms with E-state index in [-0.39, 0.29) is 5.41 Å². The molecule has 2 aromatic rings. The van der Waals surface area contributed by atoms with E-state index in [1.54, 1.807) is 19.4 Å². The van der Waals surface area contributed by atoms with Crippen molar-refractivity contribution in [3.8, 4) is 11.5 Å². The molecule has 2 bridgehead atoms. The third kappa shape index (κ3) is 3.46. The summed E-state index contributed by atoms with van der Waals surface area (Å²) in [5, 5.41) is 0. The van der Waals surface area contributed by atoms with Crippen molar-refractivity contribution in [3.05, 3.63) is 53.3 Å². The number of likely N-dealkylation sites (N-methyl/N-ethyl adjacent to an activating group) is 1. The van der Waals surface area contributed by atoms with Gasteiger partial charge in [0.1, 0.15) is 11.5 Å². The lowest BCUT2D eigenvalue weighted by molar-refractivity contribution is 0.0117. The van der Waals surface area contributed by atoms with Gasteiger partial charge in [0.25, 0.3) is 0 Å². The fourth-order valence-electron chi connectivity index (χ4n) is 4.95. The van der Waals surface area contributed by atoms with Gasteiger partial charge in [-0.3, -0.25) is 4.98 Å². The molecule has 0 amide bonds. The van der Waals surface area contributed by atoms with Gasteiger partial charge in [0.15, 0.2) is 0 Å². The van der Waals surface area contributed by atoms with E-state index < -0.39 is 5.97 Å². The molecule has 1 fully saturated rings. The molecule has 29 heavy (non-hydrogen) atoms. The van der Waals surface area contributed by atoms with Crippen LogP contribution in [0.15, 0.2) is 36.7 Å². The molecule has 6 nitrogen and oxygen atoms in total. The maximum absolute atomic E-state index is 11.8. The molecule has 154 valence electrons. The van der Waals surface area contributed by atoms with Crippen molar-refractivity contribution in [2.24, 2.45) is 5.92 Å². The highest BCUT2D eigenvalue weighted by molar-refractivity contribution is 5.89. The van der Waals surface area contributed by atoms with E-state index in [1.165, 1.54) is 24.4 Å². The molecule has 0 N–H and O–H groups in total. The smallest absolute Gasteiger partial charge is 0.339 e. The first-order chi connectivity index (χ1) is 14.0. The monoisotopic (exact) mass is 396 g/mol. The summed E-state index contributed by atoms with van der Waals surface area (Å²) in [6.07, 6.45) is 5.20. The van der Waals surface area contributed by atoms with Gasteiger partial charge in [-0.25, -0.2) is 4.79 Å². The highest BCUT2D eigenvalue weighted by Gasteiger charge is 2.50. The third-order valence-electron chi connectivity index (χ3n) is 6.76. The maximum atomic E-state index is 11.8. The minimum atomic E-state index is -0.412. The van der Waals surface area contributed by atoms with E-state index in [1.807, 2.05) is 0 Å². The minimum Gasteiger partial charge on any atom is -0.497 e. The van der Waals surface area contributed by atoms with Crippen LogP contribution in [0.5, 0.6) is 11.5 Å². The number of hydrogen-bond donors (Lipinski definition) is 0. The van der Waals surface area contributed by atoms with Gasteiger partial charge in [-0.2, -0.15) is 0 Å². The average molecular weight is 396 g/mol. The Morgan fingerprint density at radius 3 is 2.83 bits per heavy atom.